The Labute approximate surface area is 143 Å². The first-order valence-corrected chi connectivity index (χ1v) is 8.62. The average molecular weight is 346 g/mol. The highest BCUT2D eigenvalue weighted by Crippen LogP contribution is 2.31. The quantitative estimate of drug-likeness (QED) is 0.920. The first kappa shape index (κ1) is 16.4. The summed E-state index contributed by atoms with van der Waals surface area (Å²) in [5, 5.41) is 11.4. The molecule has 1 saturated heterocycles. The molecule has 6 nitrogen and oxygen atoms in total. The number of ether oxygens (including phenoxy) is 1. The number of aromatic nitrogens is 1. The maximum absolute atomic E-state index is 12.3. The maximum Gasteiger partial charge on any atom is 0.348 e. The molecule has 0 bridgehead atoms. The molecule has 7 heteroatoms. The Hall–Kier alpha value is -2.41. The van der Waals surface area contributed by atoms with Gasteiger partial charge in [-0.05, 0) is 18.6 Å². The minimum atomic E-state index is -1.30. The van der Waals surface area contributed by atoms with E-state index in [4.69, 9.17) is 4.74 Å². The Morgan fingerprint density at radius 2 is 2.00 bits per heavy atom. The van der Waals surface area contributed by atoms with Crippen LogP contribution < -0.4 is 4.74 Å². The van der Waals surface area contributed by atoms with Gasteiger partial charge in [0.2, 0.25) is 5.60 Å². The van der Waals surface area contributed by atoms with E-state index in [0.717, 1.165) is 5.56 Å². The topological polar surface area (TPSA) is 79.7 Å². The fraction of sp³-hybridized carbons (Fsp3) is 0.353. The minimum absolute atomic E-state index is 0.161. The summed E-state index contributed by atoms with van der Waals surface area (Å²) in [6.45, 7) is 2.54. The molecule has 1 aromatic carbocycles. The Kier molecular flexibility index (Phi) is 4.53. The molecule has 24 heavy (non-hydrogen) atoms. The fourth-order valence-corrected chi connectivity index (χ4v) is 3.32. The summed E-state index contributed by atoms with van der Waals surface area (Å²) in [6.07, 6.45) is 0.485. The van der Waals surface area contributed by atoms with Gasteiger partial charge in [-0.3, -0.25) is 4.79 Å². The summed E-state index contributed by atoms with van der Waals surface area (Å²) in [5.74, 6) is -0.586. The molecule has 2 aromatic rings. The highest BCUT2D eigenvalue weighted by atomic mass is 32.1. The van der Waals surface area contributed by atoms with Gasteiger partial charge in [0.05, 0.1) is 5.51 Å². The summed E-state index contributed by atoms with van der Waals surface area (Å²) >= 11 is 1.36. The predicted molar refractivity (Wildman–Crippen MR) is 89.4 cm³/mol. The number of aryl methyl sites for hydroxylation is 1. The van der Waals surface area contributed by atoms with Gasteiger partial charge in [-0.25, -0.2) is 9.78 Å². The van der Waals surface area contributed by atoms with Crippen molar-refractivity contribution in [3.8, 4) is 5.75 Å². The van der Waals surface area contributed by atoms with E-state index in [1.165, 1.54) is 11.3 Å². The highest BCUT2D eigenvalue weighted by Gasteiger charge is 2.45. The highest BCUT2D eigenvalue weighted by molar-refractivity contribution is 7.07. The SMILES string of the molecule is Cc1ccccc1OC1(C(=O)O)CCN(C(=O)c2cscn2)CC1. The third kappa shape index (κ3) is 3.12. The van der Waals surface area contributed by atoms with Gasteiger partial charge in [0, 0.05) is 31.3 Å². The van der Waals surface area contributed by atoms with E-state index in [-0.39, 0.29) is 18.7 Å². The minimum Gasteiger partial charge on any atom is -0.478 e. The number of amides is 1. The predicted octanol–water partition coefficient (Wildman–Crippen LogP) is 2.59. The molecule has 0 radical (unpaired) electrons. The molecule has 1 aliphatic heterocycles. The van der Waals surface area contributed by atoms with Gasteiger partial charge < -0.3 is 14.7 Å². The van der Waals surface area contributed by atoms with Crippen LogP contribution in [0.4, 0.5) is 0 Å². The summed E-state index contributed by atoms with van der Waals surface area (Å²) in [6, 6.07) is 7.35. The molecule has 0 unspecified atom stereocenters. The second-order valence-corrected chi connectivity index (χ2v) is 6.55. The molecule has 1 aromatic heterocycles. The zero-order valence-corrected chi connectivity index (χ0v) is 14.1. The monoisotopic (exact) mass is 346 g/mol. The van der Waals surface area contributed by atoms with Crippen molar-refractivity contribution in [1.82, 2.24) is 9.88 Å². The van der Waals surface area contributed by atoms with Crippen LogP contribution in [0.3, 0.4) is 0 Å². The van der Waals surface area contributed by atoms with Crippen LogP contribution in [-0.4, -0.2) is 45.6 Å². The van der Waals surface area contributed by atoms with E-state index >= 15 is 0 Å². The molecule has 1 fully saturated rings. The van der Waals surface area contributed by atoms with E-state index in [0.29, 0.717) is 24.5 Å². The van der Waals surface area contributed by atoms with Crippen LogP contribution in [0.1, 0.15) is 28.9 Å². The standard InChI is InChI=1S/C17H18N2O4S/c1-12-4-2-3-5-14(12)23-17(16(21)22)6-8-19(9-7-17)15(20)13-10-24-11-18-13/h2-5,10-11H,6-9H2,1H3,(H,21,22). The maximum atomic E-state index is 12.3. The molecule has 126 valence electrons. The van der Waals surface area contributed by atoms with E-state index < -0.39 is 11.6 Å². The molecular formula is C17H18N2O4S. The lowest BCUT2D eigenvalue weighted by Crippen LogP contribution is -2.54. The van der Waals surface area contributed by atoms with Crippen LogP contribution in [0.15, 0.2) is 35.2 Å². The number of piperidine rings is 1. The van der Waals surface area contributed by atoms with E-state index in [2.05, 4.69) is 4.98 Å². The van der Waals surface area contributed by atoms with Gasteiger partial charge in [0.1, 0.15) is 11.4 Å². The zero-order valence-electron chi connectivity index (χ0n) is 13.3. The molecule has 1 amide bonds. The van der Waals surface area contributed by atoms with Crippen molar-refractivity contribution in [2.24, 2.45) is 0 Å². The van der Waals surface area contributed by atoms with Gasteiger partial charge in [-0.15, -0.1) is 11.3 Å². The number of carboxylic acid groups (broad SMARTS) is 1. The Morgan fingerprint density at radius 1 is 1.29 bits per heavy atom. The lowest BCUT2D eigenvalue weighted by Gasteiger charge is -2.38. The summed E-state index contributed by atoms with van der Waals surface area (Å²) in [5.41, 5.74) is 1.60. The van der Waals surface area contributed by atoms with Crippen molar-refractivity contribution >= 4 is 23.2 Å². The molecule has 0 saturated carbocycles. The lowest BCUT2D eigenvalue weighted by molar-refractivity contribution is -0.159. The van der Waals surface area contributed by atoms with Gasteiger partial charge in [-0.2, -0.15) is 0 Å². The smallest absolute Gasteiger partial charge is 0.348 e. The lowest BCUT2D eigenvalue weighted by atomic mass is 9.90. The van der Waals surface area contributed by atoms with Gasteiger partial charge in [0.15, 0.2) is 0 Å². The zero-order chi connectivity index (χ0) is 17.2. The summed E-state index contributed by atoms with van der Waals surface area (Å²) < 4.78 is 5.90. The number of likely N-dealkylation sites (tertiary alicyclic amines) is 1. The Morgan fingerprint density at radius 3 is 2.58 bits per heavy atom. The largest absolute Gasteiger partial charge is 0.478 e. The van der Waals surface area contributed by atoms with Crippen LogP contribution >= 0.6 is 11.3 Å². The molecule has 0 aliphatic carbocycles. The number of aliphatic carboxylic acids is 1. The van der Waals surface area contributed by atoms with Crippen molar-refractivity contribution in [2.75, 3.05) is 13.1 Å². The van der Waals surface area contributed by atoms with E-state index in [1.54, 1.807) is 21.9 Å². The summed E-state index contributed by atoms with van der Waals surface area (Å²) in [7, 11) is 0. The Bertz CT molecular complexity index is 737. The van der Waals surface area contributed by atoms with Crippen molar-refractivity contribution in [3.05, 3.63) is 46.4 Å². The normalized spacial score (nSPS) is 16.6. The molecular weight excluding hydrogens is 328 g/mol. The molecule has 3 rings (SSSR count). The van der Waals surface area contributed by atoms with Crippen LogP contribution in [0.5, 0.6) is 5.75 Å². The van der Waals surface area contributed by atoms with E-state index in [9.17, 15) is 14.7 Å². The molecule has 0 atom stereocenters. The number of hydrogen-bond donors (Lipinski definition) is 1. The van der Waals surface area contributed by atoms with Crippen LogP contribution in [0.25, 0.3) is 0 Å². The van der Waals surface area contributed by atoms with Crippen molar-refractivity contribution < 1.29 is 19.4 Å². The second kappa shape index (κ2) is 6.60. The first-order valence-electron chi connectivity index (χ1n) is 7.67. The molecule has 1 aliphatic rings. The molecule has 0 spiro atoms. The Balaban J connectivity index is 1.74. The van der Waals surface area contributed by atoms with Crippen molar-refractivity contribution in [1.29, 1.82) is 0 Å². The van der Waals surface area contributed by atoms with Gasteiger partial charge >= 0.3 is 5.97 Å². The number of nitrogens with zero attached hydrogens (tertiary/aromatic N) is 2. The number of thiazole rings is 1. The number of carbonyl (C=O) groups is 2. The number of hydrogen-bond acceptors (Lipinski definition) is 5. The number of carboxylic acids is 1. The average Bonchev–Trinajstić information content (AvgIpc) is 3.11. The third-order valence-corrected chi connectivity index (χ3v) is 4.88. The van der Waals surface area contributed by atoms with Crippen molar-refractivity contribution in [2.45, 2.75) is 25.4 Å². The number of benzene rings is 1. The molecule has 2 heterocycles. The van der Waals surface area contributed by atoms with E-state index in [1.807, 2.05) is 25.1 Å². The summed E-state index contributed by atoms with van der Waals surface area (Å²) in [4.78, 5) is 29.9. The first-order chi connectivity index (χ1) is 11.5. The van der Waals surface area contributed by atoms with Gasteiger partial charge in [0.25, 0.3) is 5.91 Å². The number of carbonyl (C=O) groups excluding carboxylic acids is 1. The number of para-hydroxylation sites is 1. The van der Waals surface area contributed by atoms with Gasteiger partial charge in [-0.1, -0.05) is 18.2 Å². The fourth-order valence-electron chi connectivity index (χ4n) is 2.79. The number of rotatable bonds is 4. The van der Waals surface area contributed by atoms with Crippen LogP contribution in [-0.2, 0) is 4.79 Å². The molecule has 1 N–H and O–H groups in total. The van der Waals surface area contributed by atoms with Crippen LogP contribution in [0, 0.1) is 6.92 Å². The van der Waals surface area contributed by atoms with Crippen molar-refractivity contribution in [3.63, 3.8) is 0 Å². The van der Waals surface area contributed by atoms with Crippen LogP contribution in [0.2, 0.25) is 0 Å². The second-order valence-electron chi connectivity index (χ2n) is 5.83. The third-order valence-electron chi connectivity index (χ3n) is 4.30.